The van der Waals surface area contributed by atoms with Crippen LogP contribution < -0.4 is 10.1 Å². The largest absolute Gasteiger partial charge is 0.496 e. The van der Waals surface area contributed by atoms with Gasteiger partial charge in [-0.2, -0.15) is 0 Å². The van der Waals surface area contributed by atoms with Gasteiger partial charge in [-0.1, -0.05) is 12.1 Å². The zero-order valence-electron chi connectivity index (χ0n) is 15.1. The maximum atomic E-state index is 14.5. The SMILES string of the molecule is COC(=O)c1cc(F)c(-c2ccc(C(=O)N[C@@H]3CCOC3)cc2)cc1OC. The maximum absolute atomic E-state index is 14.5. The highest BCUT2D eigenvalue weighted by Gasteiger charge is 2.20. The zero-order chi connectivity index (χ0) is 19.4. The second-order valence-electron chi connectivity index (χ2n) is 6.14. The number of benzene rings is 2. The molecule has 0 aromatic heterocycles. The number of methoxy groups -OCH3 is 2. The van der Waals surface area contributed by atoms with Crippen molar-refractivity contribution in [1.82, 2.24) is 5.32 Å². The van der Waals surface area contributed by atoms with Gasteiger partial charge in [-0.05, 0) is 36.2 Å². The van der Waals surface area contributed by atoms with Gasteiger partial charge in [0, 0.05) is 17.7 Å². The summed E-state index contributed by atoms with van der Waals surface area (Å²) in [5, 5.41) is 2.90. The highest BCUT2D eigenvalue weighted by atomic mass is 19.1. The number of halogens is 1. The second kappa shape index (κ2) is 8.18. The molecule has 1 aliphatic rings. The van der Waals surface area contributed by atoms with E-state index in [1.54, 1.807) is 24.3 Å². The molecule has 3 rings (SSSR count). The first-order chi connectivity index (χ1) is 13.0. The molecule has 0 bridgehead atoms. The van der Waals surface area contributed by atoms with Crippen LogP contribution in [0.2, 0.25) is 0 Å². The number of nitrogens with one attached hydrogen (secondary N) is 1. The van der Waals surface area contributed by atoms with E-state index >= 15 is 0 Å². The number of amides is 1. The van der Waals surface area contributed by atoms with E-state index in [1.165, 1.54) is 20.3 Å². The van der Waals surface area contributed by atoms with Crippen LogP contribution in [0.4, 0.5) is 4.39 Å². The van der Waals surface area contributed by atoms with Gasteiger partial charge >= 0.3 is 5.97 Å². The molecule has 0 radical (unpaired) electrons. The molecular weight excluding hydrogens is 353 g/mol. The molecule has 142 valence electrons. The van der Waals surface area contributed by atoms with Gasteiger partial charge in [0.2, 0.25) is 0 Å². The van der Waals surface area contributed by atoms with Crippen LogP contribution in [0.25, 0.3) is 11.1 Å². The Morgan fingerprint density at radius 2 is 1.93 bits per heavy atom. The summed E-state index contributed by atoms with van der Waals surface area (Å²) in [5.74, 6) is -1.26. The zero-order valence-corrected chi connectivity index (χ0v) is 15.1. The van der Waals surface area contributed by atoms with Gasteiger partial charge in [0.15, 0.2) is 0 Å². The molecule has 2 aromatic rings. The quantitative estimate of drug-likeness (QED) is 0.816. The summed E-state index contributed by atoms with van der Waals surface area (Å²) < 4.78 is 29.6. The molecule has 0 spiro atoms. The molecule has 1 fully saturated rings. The number of carbonyl (C=O) groups excluding carboxylic acids is 2. The second-order valence-corrected chi connectivity index (χ2v) is 6.14. The van der Waals surface area contributed by atoms with Gasteiger partial charge in [0.05, 0.1) is 26.9 Å². The molecule has 1 aliphatic heterocycles. The van der Waals surface area contributed by atoms with Crippen LogP contribution in [0.15, 0.2) is 36.4 Å². The molecule has 0 unspecified atom stereocenters. The van der Waals surface area contributed by atoms with Crippen LogP contribution in [0.1, 0.15) is 27.1 Å². The average Bonchev–Trinajstić information content (AvgIpc) is 3.20. The lowest BCUT2D eigenvalue weighted by atomic mass is 10.0. The predicted octanol–water partition coefficient (Wildman–Crippen LogP) is 2.81. The van der Waals surface area contributed by atoms with E-state index < -0.39 is 11.8 Å². The van der Waals surface area contributed by atoms with Crippen molar-refractivity contribution in [2.24, 2.45) is 0 Å². The third kappa shape index (κ3) is 4.09. The fourth-order valence-corrected chi connectivity index (χ4v) is 2.93. The van der Waals surface area contributed by atoms with E-state index in [-0.39, 0.29) is 28.8 Å². The van der Waals surface area contributed by atoms with Crippen molar-refractivity contribution in [2.45, 2.75) is 12.5 Å². The maximum Gasteiger partial charge on any atom is 0.341 e. The number of hydrogen-bond acceptors (Lipinski definition) is 5. The molecule has 27 heavy (non-hydrogen) atoms. The molecular formula is C20H20FNO5. The summed E-state index contributed by atoms with van der Waals surface area (Å²) in [6, 6.07) is 9.09. The summed E-state index contributed by atoms with van der Waals surface area (Å²) in [5.41, 5.74) is 1.30. The van der Waals surface area contributed by atoms with Crippen LogP contribution >= 0.6 is 0 Å². The molecule has 1 saturated heterocycles. The Hall–Kier alpha value is -2.93. The molecule has 1 amide bonds. The average molecular weight is 373 g/mol. The van der Waals surface area contributed by atoms with Gasteiger partial charge in [-0.25, -0.2) is 9.18 Å². The highest BCUT2D eigenvalue weighted by molar-refractivity contribution is 5.95. The molecule has 0 saturated carbocycles. The van der Waals surface area contributed by atoms with Crippen LogP contribution in [-0.4, -0.2) is 45.4 Å². The Morgan fingerprint density at radius 3 is 2.52 bits per heavy atom. The minimum absolute atomic E-state index is 0.0102. The van der Waals surface area contributed by atoms with Gasteiger partial charge in [0.25, 0.3) is 5.91 Å². The summed E-state index contributed by atoms with van der Waals surface area (Å²) in [4.78, 5) is 24.0. The van der Waals surface area contributed by atoms with E-state index in [0.29, 0.717) is 24.3 Å². The monoisotopic (exact) mass is 373 g/mol. The van der Waals surface area contributed by atoms with Gasteiger partial charge in [0.1, 0.15) is 17.1 Å². The van der Waals surface area contributed by atoms with Crippen LogP contribution in [0.3, 0.4) is 0 Å². The summed E-state index contributed by atoms with van der Waals surface area (Å²) in [6.07, 6.45) is 0.793. The third-order valence-electron chi connectivity index (χ3n) is 4.42. The predicted molar refractivity (Wildman–Crippen MR) is 96.4 cm³/mol. The van der Waals surface area contributed by atoms with Gasteiger partial charge < -0.3 is 19.5 Å². The Kier molecular flexibility index (Phi) is 5.71. The number of hydrogen-bond donors (Lipinski definition) is 1. The van der Waals surface area contributed by atoms with E-state index in [0.717, 1.165) is 12.5 Å². The van der Waals surface area contributed by atoms with E-state index in [4.69, 9.17) is 9.47 Å². The van der Waals surface area contributed by atoms with Crippen LogP contribution in [-0.2, 0) is 9.47 Å². The van der Waals surface area contributed by atoms with Gasteiger partial charge in [-0.3, -0.25) is 4.79 Å². The lowest BCUT2D eigenvalue weighted by Gasteiger charge is -2.12. The van der Waals surface area contributed by atoms with Crippen LogP contribution in [0.5, 0.6) is 5.75 Å². The first-order valence-electron chi connectivity index (χ1n) is 8.48. The smallest absolute Gasteiger partial charge is 0.341 e. The summed E-state index contributed by atoms with van der Waals surface area (Å²) >= 11 is 0. The lowest BCUT2D eigenvalue weighted by molar-refractivity contribution is 0.0596. The van der Waals surface area contributed by atoms with E-state index in [2.05, 4.69) is 10.1 Å². The molecule has 1 atom stereocenters. The van der Waals surface area contributed by atoms with Crippen molar-refractivity contribution in [1.29, 1.82) is 0 Å². The number of esters is 1. The first-order valence-corrected chi connectivity index (χ1v) is 8.48. The number of rotatable bonds is 5. The van der Waals surface area contributed by atoms with Crippen molar-refractivity contribution in [3.05, 3.63) is 53.3 Å². The minimum Gasteiger partial charge on any atom is -0.496 e. The van der Waals surface area contributed by atoms with Crippen molar-refractivity contribution in [3.63, 3.8) is 0 Å². The highest BCUT2D eigenvalue weighted by Crippen LogP contribution is 2.31. The molecule has 0 aliphatic carbocycles. The topological polar surface area (TPSA) is 73.9 Å². The fourth-order valence-electron chi connectivity index (χ4n) is 2.93. The normalized spacial score (nSPS) is 16.0. The molecule has 1 heterocycles. The first kappa shape index (κ1) is 18.8. The van der Waals surface area contributed by atoms with Crippen molar-refractivity contribution >= 4 is 11.9 Å². The standard InChI is InChI=1S/C20H20FNO5/c1-25-18-10-15(17(21)9-16(18)20(24)26-2)12-3-5-13(6-4-12)19(23)22-14-7-8-27-11-14/h3-6,9-10,14H,7-8,11H2,1-2H3,(H,22,23)/t14-/m1/s1. The number of carbonyl (C=O) groups is 2. The Morgan fingerprint density at radius 1 is 1.19 bits per heavy atom. The van der Waals surface area contributed by atoms with E-state index in [9.17, 15) is 14.0 Å². The summed E-state index contributed by atoms with van der Waals surface area (Å²) in [7, 11) is 2.61. The Labute approximate surface area is 156 Å². The van der Waals surface area contributed by atoms with Crippen molar-refractivity contribution < 1.29 is 28.2 Å². The van der Waals surface area contributed by atoms with Crippen LogP contribution in [0, 0.1) is 5.82 Å². The molecule has 2 aromatic carbocycles. The van der Waals surface area contributed by atoms with Crippen molar-refractivity contribution in [2.75, 3.05) is 27.4 Å². The lowest BCUT2D eigenvalue weighted by Crippen LogP contribution is -2.34. The molecule has 7 heteroatoms. The number of ether oxygens (including phenoxy) is 3. The Bertz CT molecular complexity index is 844. The molecule has 1 N–H and O–H groups in total. The Balaban J connectivity index is 1.84. The van der Waals surface area contributed by atoms with Gasteiger partial charge in [-0.15, -0.1) is 0 Å². The third-order valence-corrected chi connectivity index (χ3v) is 4.42. The van der Waals surface area contributed by atoms with Crippen molar-refractivity contribution in [3.8, 4) is 16.9 Å². The fraction of sp³-hybridized carbons (Fsp3) is 0.300. The molecule has 6 nitrogen and oxygen atoms in total. The summed E-state index contributed by atoms with van der Waals surface area (Å²) in [6.45, 7) is 1.16. The van der Waals surface area contributed by atoms with E-state index in [1.807, 2.05) is 0 Å². The minimum atomic E-state index is -0.680.